The molecule has 0 fully saturated rings. The third-order valence-electron chi connectivity index (χ3n) is 2.35. The van der Waals surface area contributed by atoms with Gasteiger partial charge in [-0.3, -0.25) is 4.98 Å². The predicted molar refractivity (Wildman–Crippen MR) is 76.2 cm³/mol. The third-order valence-corrected chi connectivity index (χ3v) is 3.05. The topological polar surface area (TPSA) is 48.1 Å². The minimum Gasteiger partial charge on any atom is -0.455 e. The number of hydrogen-bond donors (Lipinski definition) is 1. The van der Waals surface area contributed by atoms with Crippen LogP contribution < -0.4 is 10.5 Å². The fourth-order valence-corrected chi connectivity index (χ4v) is 2.06. The monoisotopic (exact) mass is 326 g/mol. The second-order valence-corrected chi connectivity index (χ2v) is 5.08. The maximum absolute atomic E-state index is 5.87. The summed E-state index contributed by atoms with van der Waals surface area (Å²) in [7, 11) is 0. The van der Waals surface area contributed by atoms with Crippen LogP contribution in [0.2, 0.25) is 5.02 Å². The number of benzene rings is 1. The second-order valence-electron chi connectivity index (χ2n) is 3.73. The number of rotatable bonds is 4. The highest BCUT2D eigenvalue weighted by atomic mass is 79.9. The van der Waals surface area contributed by atoms with Gasteiger partial charge in [-0.25, -0.2) is 0 Å². The standard InChI is InChI=1S/C13H12BrClN2O/c14-10-2-1-9(3-4-16)13(5-10)18-12-6-11(15)7-17-8-12/h1-2,5-8H,3-4,16H2. The number of nitrogens with two attached hydrogens (primary N) is 1. The lowest BCUT2D eigenvalue weighted by molar-refractivity contribution is 0.473. The third kappa shape index (κ3) is 3.45. The van der Waals surface area contributed by atoms with Crippen LogP contribution in [0.5, 0.6) is 11.5 Å². The second kappa shape index (κ2) is 6.18. The van der Waals surface area contributed by atoms with Crippen LogP contribution in [0.3, 0.4) is 0 Å². The van der Waals surface area contributed by atoms with E-state index in [0.717, 1.165) is 22.2 Å². The van der Waals surface area contributed by atoms with Gasteiger partial charge in [0.25, 0.3) is 0 Å². The van der Waals surface area contributed by atoms with Gasteiger partial charge in [0, 0.05) is 16.7 Å². The number of ether oxygens (including phenoxy) is 1. The number of nitrogens with zero attached hydrogens (tertiary/aromatic N) is 1. The fourth-order valence-electron chi connectivity index (χ4n) is 1.56. The molecule has 3 nitrogen and oxygen atoms in total. The molecule has 0 atom stereocenters. The Morgan fingerprint density at radius 1 is 1.28 bits per heavy atom. The summed E-state index contributed by atoms with van der Waals surface area (Å²) in [4.78, 5) is 3.99. The average molecular weight is 328 g/mol. The van der Waals surface area contributed by atoms with Crippen molar-refractivity contribution in [1.29, 1.82) is 0 Å². The van der Waals surface area contributed by atoms with Gasteiger partial charge in [-0.15, -0.1) is 0 Å². The summed E-state index contributed by atoms with van der Waals surface area (Å²) in [5.41, 5.74) is 6.64. The molecular formula is C13H12BrClN2O. The van der Waals surface area contributed by atoms with Crippen molar-refractivity contribution < 1.29 is 4.74 Å². The first-order valence-corrected chi connectivity index (χ1v) is 6.63. The van der Waals surface area contributed by atoms with Crippen molar-refractivity contribution in [2.75, 3.05) is 6.54 Å². The zero-order valence-electron chi connectivity index (χ0n) is 9.57. The van der Waals surface area contributed by atoms with E-state index in [1.807, 2.05) is 18.2 Å². The molecule has 1 aromatic heterocycles. The molecular weight excluding hydrogens is 316 g/mol. The van der Waals surface area contributed by atoms with Crippen LogP contribution in [-0.4, -0.2) is 11.5 Å². The van der Waals surface area contributed by atoms with E-state index in [9.17, 15) is 0 Å². The van der Waals surface area contributed by atoms with Gasteiger partial charge in [0.05, 0.1) is 11.2 Å². The number of pyridine rings is 1. The average Bonchev–Trinajstić information content (AvgIpc) is 2.33. The maximum atomic E-state index is 5.87. The summed E-state index contributed by atoms with van der Waals surface area (Å²) >= 11 is 9.29. The Morgan fingerprint density at radius 2 is 2.11 bits per heavy atom. The Bertz CT molecular complexity index is 548. The summed E-state index contributed by atoms with van der Waals surface area (Å²) in [6, 6.07) is 7.59. The van der Waals surface area contributed by atoms with E-state index >= 15 is 0 Å². The van der Waals surface area contributed by atoms with E-state index in [-0.39, 0.29) is 0 Å². The minimum absolute atomic E-state index is 0.544. The highest BCUT2D eigenvalue weighted by Crippen LogP contribution is 2.29. The molecule has 1 aromatic carbocycles. The van der Waals surface area contributed by atoms with Gasteiger partial charge in [0.2, 0.25) is 0 Å². The van der Waals surface area contributed by atoms with Gasteiger partial charge >= 0.3 is 0 Å². The molecule has 18 heavy (non-hydrogen) atoms. The molecule has 2 rings (SSSR count). The minimum atomic E-state index is 0.544. The summed E-state index contributed by atoms with van der Waals surface area (Å²) in [5.74, 6) is 1.37. The summed E-state index contributed by atoms with van der Waals surface area (Å²) in [6.45, 7) is 0.575. The molecule has 0 spiro atoms. The van der Waals surface area contributed by atoms with Crippen molar-refractivity contribution in [3.63, 3.8) is 0 Å². The van der Waals surface area contributed by atoms with E-state index in [2.05, 4.69) is 20.9 Å². The zero-order chi connectivity index (χ0) is 13.0. The van der Waals surface area contributed by atoms with Crippen LogP contribution in [0.4, 0.5) is 0 Å². The molecule has 0 saturated heterocycles. The fraction of sp³-hybridized carbons (Fsp3) is 0.154. The molecule has 1 heterocycles. The van der Waals surface area contributed by atoms with E-state index < -0.39 is 0 Å². The summed E-state index contributed by atoms with van der Waals surface area (Å²) < 4.78 is 6.74. The van der Waals surface area contributed by atoms with E-state index in [1.54, 1.807) is 18.5 Å². The van der Waals surface area contributed by atoms with Crippen LogP contribution >= 0.6 is 27.5 Å². The van der Waals surface area contributed by atoms with Gasteiger partial charge < -0.3 is 10.5 Å². The Labute approximate surface area is 119 Å². The van der Waals surface area contributed by atoms with Gasteiger partial charge in [-0.05, 0) is 30.7 Å². The predicted octanol–water partition coefficient (Wildman–Crippen LogP) is 3.79. The first-order chi connectivity index (χ1) is 8.69. The smallest absolute Gasteiger partial charge is 0.147 e. The first kappa shape index (κ1) is 13.3. The molecule has 0 amide bonds. The van der Waals surface area contributed by atoms with Crippen molar-refractivity contribution >= 4 is 27.5 Å². The lowest BCUT2D eigenvalue weighted by atomic mass is 10.1. The van der Waals surface area contributed by atoms with Crippen LogP contribution in [0.1, 0.15) is 5.56 Å². The van der Waals surface area contributed by atoms with Crippen molar-refractivity contribution in [3.05, 3.63) is 51.7 Å². The van der Waals surface area contributed by atoms with Gasteiger partial charge in [0.15, 0.2) is 0 Å². The summed E-state index contributed by atoms with van der Waals surface area (Å²) in [6.07, 6.45) is 3.95. The van der Waals surface area contributed by atoms with Gasteiger partial charge in [0.1, 0.15) is 11.5 Å². The Balaban J connectivity index is 2.29. The molecule has 0 radical (unpaired) electrons. The van der Waals surface area contributed by atoms with E-state index in [1.165, 1.54) is 0 Å². The van der Waals surface area contributed by atoms with Crippen LogP contribution in [-0.2, 0) is 6.42 Å². The maximum Gasteiger partial charge on any atom is 0.147 e. The van der Waals surface area contributed by atoms with Crippen molar-refractivity contribution in [3.8, 4) is 11.5 Å². The Kier molecular flexibility index (Phi) is 4.58. The number of halogens is 2. The number of aromatic nitrogens is 1. The zero-order valence-corrected chi connectivity index (χ0v) is 11.9. The van der Waals surface area contributed by atoms with Crippen molar-refractivity contribution in [1.82, 2.24) is 4.98 Å². The molecule has 0 bridgehead atoms. The SMILES string of the molecule is NCCc1ccc(Br)cc1Oc1cncc(Cl)c1. The molecule has 2 N–H and O–H groups in total. The molecule has 2 aromatic rings. The lowest BCUT2D eigenvalue weighted by Crippen LogP contribution is -2.04. The molecule has 0 aliphatic carbocycles. The largest absolute Gasteiger partial charge is 0.455 e. The molecule has 94 valence electrons. The molecule has 0 aliphatic rings. The Morgan fingerprint density at radius 3 is 2.83 bits per heavy atom. The molecule has 0 unspecified atom stereocenters. The summed E-state index contributed by atoms with van der Waals surface area (Å²) in [5, 5.41) is 0.544. The van der Waals surface area contributed by atoms with Crippen LogP contribution in [0.15, 0.2) is 41.1 Å². The lowest BCUT2D eigenvalue weighted by Gasteiger charge is -2.11. The highest BCUT2D eigenvalue weighted by molar-refractivity contribution is 9.10. The number of hydrogen-bond acceptors (Lipinski definition) is 3. The normalized spacial score (nSPS) is 10.4. The van der Waals surface area contributed by atoms with E-state index in [4.69, 9.17) is 22.1 Å². The van der Waals surface area contributed by atoms with Gasteiger partial charge in [-0.1, -0.05) is 33.6 Å². The molecule has 0 saturated carbocycles. The molecule has 5 heteroatoms. The molecule has 0 aliphatic heterocycles. The van der Waals surface area contributed by atoms with E-state index in [0.29, 0.717) is 17.3 Å². The quantitative estimate of drug-likeness (QED) is 0.929. The highest BCUT2D eigenvalue weighted by Gasteiger charge is 2.06. The van der Waals surface area contributed by atoms with Crippen molar-refractivity contribution in [2.24, 2.45) is 5.73 Å². The van der Waals surface area contributed by atoms with Crippen LogP contribution in [0, 0.1) is 0 Å². The van der Waals surface area contributed by atoms with Crippen molar-refractivity contribution in [2.45, 2.75) is 6.42 Å². The van der Waals surface area contributed by atoms with Crippen LogP contribution in [0.25, 0.3) is 0 Å². The van der Waals surface area contributed by atoms with Gasteiger partial charge in [-0.2, -0.15) is 0 Å². The Hall–Kier alpha value is -1.10. The first-order valence-electron chi connectivity index (χ1n) is 5.46.